The number of rotatable bonds is 0. The van der Waals surface area contributed by atoms with Crippen molar-refractivity contribution in [3.8, 4) is 0 Å². The van der Waals surface area contributed by atoms with Gasteiger partial charge >= 0.3 is 46.9 Å². The van der Waals surface area contributed by atoms with Crippen molar-refractivity contribution in [3.63, 3.8) is 0 Å². The van der Waals surface area contributed by atoms with Crippen molar-refractivity contribution in [2.45, 2.75) is 0 Å². The van der Waals surface area contributed by atoms with Crippen LogP contribution in [0.4, 0.5) is 4.70 Å². The van der Waals surface area contributed by atoms with Crippen LogP contribution in [0, 0.1) is 0 Å². The molecule has 0 aliphatic heterocycles. The molecule has 0 aliphatic rings. The van der Waals surface area contributed by atoms with Crippen LogP contribution in [-0.2, 0) is 4.46 Å². The summed E-state index contributed by atoms with van der Waals surface area (Å²) in [4.78, 5) is 14.3. The van der Waals surface area contributed by atoms with Crippen molar-refractivity contribution in [2.24, 2.45) is 0 Å². The van der Waals surface area contributed by atoms with Crippen LogP contribution in [0.25, 0.3) is 0 Å². The molecule has 0 fully saturated rings. The van der Waals surface area contributed by atoms with Gasteiger partial charge in [0.05, 0.1) is 0 Å². The van der Waals surface area contributed by atoms with E-state index in [9.17, 15) is 0 Å². The Hall–Kier alpha value is 0.807. The molecule has 0 aromatic heterocycles. The monoisotopic (exact) mass is 140 g/mol. The predicted molar refractivity (Wildman–Crippen MR) is 21.4 cm³/mol. The first kappa shape index (κ1) is 15.8. The summed E-state index contributed by atoms with van der Waals surface area (Å²) < 4.78 is 8.74. The van der Waals surface area contributed by atoms with Crippen LogP contribution in [0.15, 0.2) is 0 Å². The molecule has 0 saturated heterocycles. The minimum Gasteiger partial charge on any atom is -1.00 e. The van der Waals surface area contributed by atoms with E-state index < -0.39 is 9.17 Å². The van der Waals surface area contributed by atoms with Gasteiger partial charge in [-0.3, -0.25) is 9.17 Å². The topological polar surface area (TPSA) is 57.5 Å². The Balaban J connectivity index is -0.00000000750. The van der Waals surface area contributed by atoms with Crippen LogP contribution < -0.4 is 0 Å². The second-order valence-corrected chi connectivity index (χ2v) is 0.848. The third kappa shape index (κ3) is 107. The Morgan fingerprint density at radius 3 is 1.50 bits per heavy atom. The number of hydrogen-bond donors (Lipinski definition) is 2. The molecule has 6 heteroatoms. The first-order chi connectivity index (χ1) is 1.73. The fourth-order valence-electron chi connectivity index (χ4n) is 0. The van der Waals surface area contributed by atoms with Crippen molar-refractivity contribution in [3.05, 3.63) is 0 Å². The molecule has 3 nitrogen and oxygen atoms in total. The standard InChI is InChI=1S/Ca.FH.H2O3Si.2H/c;;1-4(2)3;;/h;1H;1-2H;;/q+2;;;2*-1. The van der Waals surface area contributed by atoms with Gasteiger partial charge in [-0.2, -0.15) is 0 Å². The van der Waals surface area contributed by atoms with Crippen molar-refractivity contribution in [1.82, 2.24) is 0 Å². The van der Waals surface area contributed by atoms with Crippen LogP contribution in [0.5, 0.6) is 0 Å². The quantitative estimate of drug-likeness (QED) is 0.398. The summed E-state index contributed by atoms with van der Waals surface area (Å²) in [6.07, 6.45) is 0. The van der Waals surface area contributed by atoms with E-state index in [-0.39, 0.29) is 45.3 Å². The van der Waals surface area contributed by atoms with Gasteiger partial charge in [0, 0.05) is 0 Å². The molecule has 0 saturated carbocycles. The number of hydrogen-bond acceptors (Lipinski definition) is 1. The molecule has 0 aliphatic carbocycles. The van der Waals surface area contributed by atoms with Gasteiger partial charge in [0.2, 0.25) is 0 Å². The van der Waals surface area contributed by atoms with E-state index >= 15 is 0 Å². The Kier molecular flexibility index (Phi) is 24.4. The van der Waals surface area contributed by atoms with Gasteiger partial charge in [-0.1, -0.05) is 0 Å². The van der Waals surface area contributed by atoms with Crippen LogP contribution in [0.1, 0.15) is 2.85 Å². The zero-order chi connectivity index (χ0) is 3.58. The maximum atomic E-state index is 8.74. The van der Waals surface area contributed by atoms with Crippen molar-refractivity contribution < 1.29 is 21.6 Å². The Morgan fingerprint density at radius 2 is 1.50 bits per heavy atom. The molecule has 36 valence electrons. The molecular weight excluding hydrogens is 135 g/mol. The first-order valence-electron chi connectivity index (χ1n) is 0.651. The number of halogens is 1. The summed E-state index contributed by atoms with van der Waals surface area (Å²) in [5, 5.41) is 0. The second-order valence-electron chi connectivity index (χ2n) is 0.283. The maximum absolute atomic E-state index is 8.74. The smallest absolute Gasteiger partial charge is 1.00 e. The van der Waals surface area contributed by atoms with Crippen LogP contribution in [-0.4, -0.2) is 56.5 Å². The van der Waals surface area contributed by atoms with E-state index in [1.807, 2.05) is 0 Å². The summed E-state index contributed by atoms with van der Waals surface area (Å²) in [5.41, 5.74) is 0. The van der Waals surface area contributed by atoms with Crippen molar-refractivity contribution in [2.75, 3.05) is 0 Å². The van der Waals surface area contributed by atoms with Gasteiger partial charge in [-0.25, -0.2) is 0 Å². The summed E-state index contributed by atoms with van der Waals surface area (Å²) in [6.45, 7) is 0. The molecule has 0 bridgehead atoms. The van der Waals surface area contributed by atoms with Gasteiger partial charge in [0.25, 0.3) is 0 Å². The predicted octanol–water partition coefficient (Wildman–Crippen LogP) is -1.62. The van der Waals surface area contributed by atoms with E-state index in [0.717, 1.165) is 0 Å². The first-order valence-corrected chi connectivity index (χ1v) is 1.95. The largest absolute Gasteiger partial charge is 2.00 e. The fraction of sp³-hybridized carbons (Fsp3) is 0. The summed E-state index contributed by atoms with van der Waals surface area (Å²) >= 11 is 0. The Labute approximate surface area is 68.2 Å². The third-order valence-corrected chi connectivity index (χ3v) is 0. The minimum absolute atomic E-state index is 0. The fourth-order valence-corrected chi connectivity index (χ4v) is 0. The maximum Gasteiger partial charge on any atom is 2.00 e. The van der Waals surface area contributed by atoms with E-state index in [1.165, 1.54) is 0 Å². The van der Waals surface area contributed by atoms with Crippen molar-refractivity contribution in [1.29, 1.82) is 0 Å². The Bertz CT molecular complexity index is 40.3. The van der Waals surface area contributed by atoms with E-state index in [0.29, 0.717) is 0 Å². The molecule has 0 amide bonds. The van der Waals surface area contributed by atoms with Crippen molar-refractivity contribution >= 4 is 46.9 Å². The molecule has 0 aromatic carbocycles. The van der Waals surface area contributed by atoms with Gasteiger partial charge in [-0.05, 0) is 0 Å². The van der Waals surface area contributed by atoms with Crippen LogP contribution >= 0.6 is 0 Å². The molecule has 2 N–H and O–H groups in total. The van der Waals surface area contributed by atoms with Gasteiger partial charge in [0.1, 0.15) is 0 Å². The molecule has 0 radical (unpaired) electrons. The molecule has 0 heterocycles. The summed E-state index contributed by atoms with van der Waals surface area (Å²) in [5.74, 6) is 0. The zero-order valence-corrected chi connectivity index (χ0v) is 6.13. The average molecular weight is 140 g/mol. The van der Waals surface area contributed by atoms with Gasteiger partial charge in [-0.15, -0.1) is 0 Å². The molecule has 6 heavy (non-hydrogen) atoms. The summed E-state index contributed by atoms with van der Waals surface area (Å²) in [7, 11) is -3.13. The average Bonchev–Trinajstić information content (AvgIpc) is 0.811. The van der Waals surface area contributed by atoms with E-state index in [2.05, 4.69) is 0 Å². The van der Waals surface area contributed by atoms with Crippen LogP contribution in [0.2, 0.25) is 0 Å². The third-order valence-electron chi connectivity index (χ3n) is 0. The Morgan fingerprint density at radius 1 is 1.50 bits per heavy atom. The molecule has 0 rings (SSSR count). The minimum atomic E-state index is -3.13. The normalized spacial score (nSPS) is 4.00. The SMILES string of the molecule is F.O=[Si](O)O.[Ca+2].[H-].[H-]. The van der Waals surface area contributed by atoms with E-state index in [1.54, 1.807) is 0 Å². The second kappa shape index (κ2) is 9.26. The molecular formula is H5CaFO3Si. The molecule has 0 spiro atoms. The van der Waals surface area contributed by atoms with E-state index in [4.69, 9.17) is 14.1 Å². The molecule has 0 aromatic rings. The summed E-state index contributed by atoms with van der Waals surface area (Å²) in [6, 6.07) is 0. The zero-order valence-electron chi connectivity index (χ0n) is 4.92. The van der Waals surface area contributed by atoms with Gasteiger partial charge in [0.15, 0.2) is 0 Å². The molecule has 0 atom stereocenters. The van der Waals surface area contributed by atoms with Crippen LogP contribution in [0.3, 0.4) is 0 Å². The van der Waals surface area contributed by atoms with Gasteiger partial charge < -0.3 is 12.4 Å². The molecule has 0 unspecified atom stereocenters.